The van der Waals surface area contributed by atoms with Crippen LogP contribution in [-0.4, -0.2) is 5.11 Å². The molecule has 2 heteroatoms. The predicted octanol–water partition coefficient (Wildman–Crippen LogP) is 9.71. The van der Waals surface area contributed by atoms with Crippen molar-refractivity contribution in [3.63, 3.8) is 0 Å². The molecular formula is C34H49FO. The number of aromatic hydroxyl groups is 1. The second-order valence-corrected chi connectivity index (χ2v) is 16.0. The fourth-order valence-corrected chi connectivity index (χ4v) is 13.7. The molecule has 0 spiro atoms. The molecule has 8 aliphatic carbocycles. The molecule has 198 valence electrons. The summed E-state index contributed by atoms with van der Waals surface area (Å²) in [6, 6.07) is 5.49. The van der Waals surface area contributed by atoms with Gasteiger partial charge in [0.1, 0.15) is 0 Å². The van der Waals surface area contributed by atoms with Gasteiger partial charge in [-0.2, -0.15) is 0 Å². The molecule has 0 aliphatic heterocycles. The Kier molecular flexibility index (Phi) is 4.75. The number of benzene rings is 1. The van der Waals surface area contributed by atoms with E-state index in [4.69, 9.17) is 0 Å². The highest BCUT2D eigenvalue weighted by Gasteiger charge is 2.75. The minimum atomic E-state index is -0.418. The fourth-order valence-electron chi connectivity index (χ4n) is 13.7. The zero-order chi connectivity index (χ0) is 25.2. The fraction of sp³-hybridized carbons (Fsp3) is 0.824. The molecule has 0 amide bonds. The first-order valence-electron chi connectivity index (χ1n) is 15.5. The van der Waals surface area contributed by atoms with Crippen LogP contribution in [0.15, 0.2) is 18.2 Å². The van der Waals surface area contributed by atoms with E-state index in [-0.39, 0.29) is 11.2 Å². The molecule has 0 radical (unpaired) electrons. The van der Waals surface area contributed by atoms with Gasteiger partial charge in [0.25, 0.3) is 0 Å². The van der Waals surface area contributed by atoms with E-state index in [1.807, 2.05) is 0 Å². The summed E-state index contributed by atoms with van der Waals surface area (Å²) in [4.78, 5) is 0. The van der Waals surface area contributed by atoms with Gasteiger partial charge in [-0.1, -0.05) is 59.4 Å². The van der Waals surface area contributed by atoms with E-state index >= 15 is 0 Å². The van der Waals surface area contributed by atoms with Crippen LogP contribution in [0.25, 0.3) is 0 Å². The Hall–Kier alpha value is -1.05. The maximum absolute atomic E-state index is 14.9. The van der Waals surface area contributed by atoms with Crippen LogP contribution in [0.5, 0.6) is 5.75 Å². The van der Waals surface area contributed by atoms with Gasteiger partial charge in [0.2, 0.25) is 0 Å². The quantitative estimate of drug-likeness (QED) is 0.419. The van der Waals surface area contributed by atoms with Gasteiger partial charge in [0.05, 0.1) is 0 Å². The summed E-state index contributed by atoms with van der Waals surface area (Å²) in [6.45, 7) is 9.95. The summed E-state index contributed by atoms with van der Waals surface area (Å²) >= 11 is 0. The van der Waals surface area contributed by atoms with Crippen LogP contribution in [0, 0.1) is 44.2 Å². The highest BCUT2D eigenvalue weighted by molar-refractivity contribution is 5.39. The van der Waals surface area contributed by atoms with Crippen molar-refractivity contribution in [3.8, 4) is 5.75 Å². The maximum Gasteiger partial charge on any atom is 0.165 e. The van der Waals surface area contributed by atoms with Crippen LogP contribution >= 0.6 is 0 Å². The molecule has 4 unspecified atom stereocenters. The van der Waals surface area contributed by atoms with Crippen molar-refractivity contribution in [1.82, 2.24) is 0 Å². The van der Waals surface area contributed by atoms with Crippen LogP contribution in [0.3, 0.4) is 0 Å². The summed E-state index contributed by atoms with van der Waals surface area (Å²) in [6.07, 6.45) is 22.2. The third-order valence-electron chi connectivity index (χ3n) is 14.3. The molecule has 1 nitrogen and oxygen atoms in total. The van der Waals surface area contributed by atoms with Crippen molar-refractivity contribution < 1.29 is 9.50 Å². The molecule has 1 aromatic rings. The molecular weight excluding hydrogens is 443 g/mol. The van der Waals surface area contributed by atoms with Crippen LogP contribution in [0.2, 0.25) is 0 Å². The number of phenolic OH excluding ortho intramolecular Hbond substituents is 1. The third-order valence-corrected chi connectivity index (χ3v) is 14.3. The van der Waals surface area contributed by atoms with E-state index in [9.17, 15) is 9.50 Å². The predicted molar refractivity (Wildman–Crippen MR) is 144 cm³/mol. The molecule has 9 rings (SSSR count). The van der Waals surface area contributed by atoms with Gasteiger partial charge in [-0.25, -0.2) is 4.39 Å². The summed E-state index contributed by atoms with van der Waals surface area (Å²) in [5.74, 6) is 0.328. The van der Waals surface area contributed by atoms with Crippen LogP contribution < -0.4 is 0 Å². The molecule has 0 heterocycles. The Balaban J connectivity index is 1.42. The number of halogens is 1. The molecule has 0 aromatic heterocycles. The van der Waals surface area contributed by atoms with Crippen LogP contribution in [0.4, 0.5) is 4.39 Å². The Morgan fingerprint density at radius 2 is 1.19 bits per heavy atom. The van der Waals surface area contributed by atoms with Gasteiger partial charge >= 0.3 is 0 Å². The molecule has 1 N–H and O–H groups in total. The molecule has 8 aliphatic rings. The van der Waals surface area contributed by atoms with Crippen molar-refractivity contribution in [1.29, 1.82) is 0 Å². The van der Waals surface area contributed by atoms with E-state index in [2.05, 4.69) is 33.8 Å². The van der Waals surface area contributed by atoms with Crippen molar-refractivity contribution in [2.45, 2.75) is 136 Å². The molecule has 36 heavy (non-hydrogen) atoms. The van der Waals surface area contributed by atoms with Gasteiger partial charge < -0.3 is 5.11 Å². The Morgan fingerprint density at radius 1 is 0.667 bits per heavy atom. The van der Waals surface area contributed by atoms with E-state index < -0.39 is 5.82 Å². The lowest BCUT2D eigenvalue weighted by atomic mass is 9.25. The molecule has 0 saturated heterocycles. The lowest BCUT2D eigenvalue weighted by Crippen LogP contribution is -2.70. The third kappa shape index (κ3) is 2.89. The zero-order valence-corrected chi connectivity index (χ0v) is 23.4. The van der Waals surface area contributed by atoms with Gasteiger partial charge in [-0.3, -0.25) is 0 Å². The van der Waals surface area contributed by atoms with Crippen molar-refractivity contribution in [2.24, 2.45) is 38.4 Å². The second kappa shape index (κ2) is 7.12. The smallest absolute Gasteiger partial charge is 0.165 e. The summed E-state index contributed by atoms with van der Waals surface area (Å²) in [5, 5.41) is 10.1. The first-order valence-corrected chi connectivity index (χ1v) is 15.5. The van der Waals surface area contributed by atoms with E-state index in [1.165, 1.54) is 108 Å². The largest absolute Gasteiger partial charge is 0.505 e. The number of rotatable bonds is 6. The van der Waals surface area contributed by atoms with Gasteiger partial charge in [0, 0.05) is 0 Å². The van der Waals surface area contributed by atoms with E-state index in [1.54, 1.807) is 12.1 Å². The summed E-state index contributed by atoms with van der Waals surface area (Å²) in [7, 11) is 0. The topological polar surface area (TPSA) is 20.2 Å². The molecule has 8 bridgehead atoms. The number of hydrogen-bond donors (Lipinski definition) is 1. The molecule has 8 saturated carbocycles. The highest BCUT2D eigenvalue weighted by Crippen LogP contribution is 2.85. The average Bonchev–Trinajstić information content (AvgIpc) is 2.84. The second-order valence-electron chi connectivity index (χ2n) is 16.0. The van der Waals surface area contributed by atoms with Crippen molar-refractivity contribution >= 4 is 0 Å². The standard InChI is InChI=1S/C34H49FO/c1-5-28-12-24-13-29(6-2,15-28)20-33(14-24,19-28)34-21-30(7-3)16-31(8-4,22-34)18-32(17-30,23-34)25-9-10-27(36)26(35)11-25/h9-11,24,36H,5-8,12-23H2,1-4H3. The lowest BCUT2D eigenvalue weighted by molar-refractivity contribution is -0.281. The summed E-state index contributed by atoms with van der Waals surface area (Å²) in [5.41, 5.74) is 4.14. The average molecular weight is 493 g/mol. The van der Waals surface area contributed by atoms with Crippen molar-refractivity contribution in [3.05, 3.63) is 29.6 Å². The first-order chi connectivity index (χ1) is 17.1. The number of hydrogen-bond acceptors (Lipinski definition) is 1. The Labute approximate surface area is 219 Å². The minimum absolute atomic E-state index is 0.0808. The monoisotopic (exact) mass is 492 g/mol. The minimum Gasteiger partial charge on any atom is -0.505 e. The Morgan fingerprint density at radius 3 is 1.72 bits per heavy atom. The molecule has 8 fully saturated rings. The van der Waals surface area contributed by atoms with Gasteiger partial charge in [-0.05, 0) is 139 Å². The zero-order valence-electron chi connectivity index (χ0n) is 23.4. The van der Waals surface area contributed by atoms with Gasteiger partial charge in [-0.15, -0.1) is 0 Å². The molecule has 1 aromatic carbocycles. The van der Waals surface area contributed by atoms with E-state index in [0.717, 1.165) is 5.92 Å². The molecule has 4 atom stereocenters. The lowest BCUT2D eigenvalue weighted by Gasteiger charge is -2.79. The normalized spacial score (nSPS) is 52.3. The number of phenols is 1. The van der Waals surface area contributed by atoms with Crippen LogP contribution in [-0.2, 0) is 5.41 Å². The maximum atomic E-state index is 14.9. The van der Waals surface area contributed by atoms with Crippen LogP contribution in [0.1, 0.15) is 136 Å². The summed E-state index contributed by atoms with van der Waals surface area (Å²) < 4.78 is 14.9. The van der Waals surface area contributed by atoms with E-state index in [0.29, 0.717) is 32.5 Å². The Bertz CT molecular complexity index is 1050. The van der Waals surface area contributed by atoms with Gasteiger partial charge in [0.15, 0.2) is 11.6 Å². The van der Waals surface area contributed by atoms with Crippen molar-refractivity contribution in [2.75, 3.05) is 0 Å². The highest BCUT2D eigenvalue weighted by atomic mass is 19.1. The first kappa shape index (κ1) is 24.0. The SMILES string of the molecule is CCC12CC3CC(CC)(C1)CC(C14CC5(CC)CC(CC)(CC(c6ccc(O)c(F)c6)(C5)C1)C4)(C3)C2.